The normalized spacial score (nSPS) is 19.8. The molecule has 0 bridgehead atoms. The van der Waals surface area contributed by atoms with Crippen LogP contribution in [0.3, 0.4) is 0 Å². The van der Waals surface area contributed by atoms with E-state index < -0.39 is 131 Å². The molecule has 5 rings (SSSR count). The van der Waals surface area contributed by atoms with Crippen LogP contribution in [-0.2, 0) is 72.0 Å². The van der Waals surface area contributed by atoms with Crippen LogP contribution in [0.5, 0.6) is 5.75 Å². The summed E-state index contributed by atoms with van der Waals surface area (Å²) < 4.78 is 0. The van der Waals surface area contributed by atoms with Crippen LogP contribution < -0.4 is 70.8 Å². The number of nitrogens with two attached hydrogens (primary N) is 4. The van der Waals surface area contributed by atoms with E-state index in [0.29, 0.717) is 68.3 Å². The number of aromatic nitrogens is 1. The third-order valence-electron chi connectivity index (χ3n) is 16.1. The summed E-state index contributed by atoms with van der Waals surface area (Å²) in [5.74, 6) is -9.09. The summed E-state index contributed by atoms with van der Waals surface area (Å²) in [6.45, 7) is 5.74. The molecule has 29 heteroatoms. The van der Waals surface area contributed by atoms with Gasteiger partial charge in [0.1, 0.15) is 66.2 Å². The number of nitrogens with one attached hydrogen (secondary N) is 10. The van der Waals surface area contributed by atoms with Crippen molar-refractivity contribution in [2.45, 2.75) is 165 Å². The van der Waals surface area contributed by atoms with Crippen molar-refractivity contribution in [2.75, 3.05) is 43.9 Å². The van der Waals surface area contributed by atoms with Gasteiger partial charge in [0.2, 0.25) is 65.0 Å². The summed E-state index contributed by atoms with van der Waals surface area (Å²) in [5.41, 5.74) is 25.3. The van der Waals surface area contributed by atoms with Gasteiger partial charge in [-0.1, -0.05) is 74.5 Å². The van der Waals surface area contributed by atoms with Crippen molar-refractivity contribution in [3.8, 4) is 5.75 Å². The highest BCUT2D eigenvalue weighted by molar-refractivity contribution is 7.99. The molecule has 0 aliphatic carbocycles. The van der Waals surface area contributed by atoms with Gasteiger partial charge in [-0.2, -0.15) is 24.4 Å². The van der Waals surface area contributed by atoms with Crippen molar-refractivity contribution in [1.82, 2.24) is 57.7 Å². The molecule has 1 aromatic heterocycles. The minimum Gasteiger partial charge on any atom is -0.508 e. The first-order valence-corrected chi connectivity index (χ1v) is 33.7. The summed E-state index contributed by atoms with van der Waals surface area (Å²) in [5, 5.41) is 35.6. The van der Waals surface area contributed by atoms with E-state index >= 15 is 9.59 Å². The Morgan fingerprint density at radius 2 is 1.13 bits per heavy atom. The molecule has 3 aromatic carbocycles. The Morgan fingerprint density at radius 1 is 0.585 bits per heavy atom. The zero-order chi connectivity index (χ0) is 68.9. The third-order valence-corrected chi connectivity index (χ3v) is 17.5. The van der Waals surface area contributed by atoms with Gasteiger partial charge in [0.25, 0.3) is 0 Å². The molecule has 0 radical (unpaired) electrons. The number of likely N-dealkylation sites (N-methyl/N-ethyl adjacent to an activating group) is 1. The number of para-hydroxylation sites is 1. The number of carbonyl (C=O) groups is 11. The second-order valence-electron chi connectivity index (χ2n) is 23.8. The zero-order valence-corrected chi connectivity index (χ0v) is 55.6. The molecular weight excluding hydrogens is 1250 g/mol. The van der Waals surface area contributed by atoms with E-state index in [-0.39, 0.29) is 74.5 Å². The van der Waals surface area contributed by atoms with Gasteiger partial charge in [-0.05, 0) is 137 Å². The number of primary amides is 1. The summed E-state index contributed by atoms with van der Waals surface area (Å²) in [7, 11) is 1.39. The lowest BCUT2D eigenvalue weighted by atomic mass is 9.98. The number of aromatic hydroxyl groups is 1. The lowest BCUT2D eigenvalue weighted by Crippen LogP contribution is -2.62. The van der Waals surface area contributed by atoms with Crippen LogP contribution in [-0.4, -0.2) is 184 Å². The number of phenols is 1. The van der Waals surface area contributed by atoms with Crippen molar-refractivity contribution in [2.24, 2.45) is 28.9 Å². The Labute approximate surface area is 558 Å². The van der Waals surface area contributed by atoms with Gasteiger partial charge < -0.3 is 85.8 Å². The topological polar surface area (TPSA) is 439 Å². The predicted octanol–water partition coefficient (Wildman–Crippen LogP) is -0.294. The fraction of sp³-hybridized carbons (Fsp3) is 0.523. The number of aromatic amines is 1. The largest absolute Gasteiger partial charge is 0.508 e. The van der Waals surface area contributed by atoms with Crippen molar-refractivity contribution >= 4 is 100 Å². The second-order valence-corrected chi connectivity index (χ2v) is 25.3. The highest BCUT2D eigenvalue weighted by Crippen LogP contribution is 2.22. The Bertz CT molecular complexity index is 3180. The number of hydrogen-bond donors (Lipinski definition) is 16. The summed E-state index contributed by atoms with van der Waals surface area (Å²) >= 11 is 5.29. The number of thioether (sulfide) groups is 1. The highest BCUT2D eigenvalue weighted by Gasteiger charge is 2.39. The number of rotatable bonds is 33. The predicted molar refractivity (Wildman–Crippen MR) is 362 cm³/mol. The molecule has 19 N–H and O–H groups in total. The first kappa shape index (κ1) is 76.5. The van der Waals surface area contributed by atoms with Crippen LogP contribution >= 0.6 is 24.4 Å². The number of fused-ring (bicyclic) bond motifs is 1. The molecule has 4 aromatic rings. The number of nitrogens with zero attached hydrogens (tertiary/aromatic N) is 1. The quantitative estimate of drug-likeness (QED) is 0.0215. The lowest BCUT2D eigenvalue weighted by molar-refractivity contribution is -0.143. The van der Waals surface area contributed by atoms with Gasteiger partial charge in [-0.25, -0.2) is 0 Å². The summed E-state index contributed by atoms with van der Waals surface area (Å²) in [6.07, 6.45) is 4.62. The molecule has 1 aliphatic heterocycles. The lowest BCUT2D eigenvalue weighted by Gasteiger charge is -2.34. The zero-order valence-electron chi connectivity index (χ0n) is 53.9. The summed E-state index contributed by atoms with van der Waals surface area (Å²) in [6, 6.07) is 9.55. The van der Waals surface area contributed by atoms with E-state index in [9.17, 15) is 48.3 Å². The maximum absolute atomic E-state index is 15.2. The molecule has 27 nitrogen and oxygen atoms in total. The minimum atomic E-state index is -1.40. The van der Waals surface area contributed by atoms with Gasteiger partial charge in [-0.15, -0.1) is 0 Å². The van der Waals surface area contributed by atoms with E-state index in [1.54, 1.807) is 62.5 Å². The fourth-order valence-electron chi connectivity index (χ4n) is 10.6. The Kier molecular flexibility index (Phi) is 32.1. The van der Waals surface area contributed by atoms with Gasteiger partial charge in [0.15, 0.2) is 0 Å². The number of benzene rings is 3. The van der Waals surface area contributed by atoms with Crippen molar-refractivity contribution < 1.29 is 57.8 Å². The van der Waals surface area contributed by atoms with Crippen LogP contribution in [0.1, 0.15) is 102 Å². The maximum Gasteiger partial charge on any atom is 0.245 e. The van der Waals surface area contributed by atoms with E-state index in [2.05, 4.69) is 65.5 Å². The number of carbonyl (C=O) groups excluding carboxylic acids is 11. The standard InChI is InChI=1S/C65H95N15O12S2/c1-38(2)55-64(91)75-49(27-31-94-37-54(82)71-39(3)57(84)73-47(21-11-14-29-67)58(85)78-52(36-93)62(89)72-46(56(69)83)20-10-13-28-66)65(92)80(4)53(33-40-16-6-5-7-17-40)63(90)77-50(32-41-23-25-43(81)26-24-41)60(87)76-51(34-42-35-70-45-19-9-8-18-44(42)45)61(88)74-48(59(86)79-55)22-12-15-30-68/h5-9,16-19,23-26,35,38-39,46-53,55,70,81,93H,10-15,20-22,27-34,36-37,66-68H2,1-4H3,(H2,69,83)(H,71,82)(H,72,89)(H,73,84)(H,74,88)(H,75,91)(H,76,87)(H,77,90)(H,78,85)(H,79,86)/t39-,46-,47-,48-,49-,50-,51+,52-,53-,55-/m0/s1. The molecule has 0 saturated carbocycles. The molecule has 94 heavy (non-hydrogen) atoms. The Morgan fingerprint density at radius 3 is 1.77 bits per heavy atom. The number of unbranched alkanes of at least 4 members (excludes halogenated alkanes) is 3. The Hall–Kier alpha value is -8.25. The third kappa shape index (κ3) is 24.3. The fourth-order valence-corrected chi connectivity index (χ4v) is 11.7. The molecule has 0 unspecified atom stereocenters. The smallest absolute Gasteiger partial charge is 0.245 e. The maximum atomic E-state index is 15.2. The van der Waals surface area contributed by atoms with Gasteiger partial charge >= 0.3 is 0 Å². The first-order valence-electron chi connectivity index (χ1n) is 31.9. The number of H-pyrrole nitrogens is 1. The molecule has 11 amide bonds. The molecule has 1 fully saturated rings. The van der Waals surface area contributed by atoms with Crippen molar-refractivity contribution in [1.29, 1.82) is 0 Å². The van der Waals surface area contributed by atoms with Crippen LogP contribution in [0.4, 0.5) is 0 Å². The number of hydrogen-bond acceptors (Lipinski definition) is 17. The molecule has 1 aliphatic rings. The SMILES string of the molecule is CC(C)[C@@H]1NC(=O)[C@H](CCCCN)NC(=O)[C@@H](Cc2c[nH]c3ccccc23)NC(=O)[C@H](Cc2ccc(O)cc2)NC(=O)[C@H](Cc2ccccc2)N(C)C(=O)[C@H](CCSCC(=O)N[C@@H](C)C(=O)N[C@@H](CCCCN)C(=O)N[C@@H](CS)C(=O)N[C@@H](CCCCN)C(N)=O)NC1=O. The average Bonchev–Trinajstić information content (AvgIpc) is 1.42. The summed E-state index contributed by atoms with van der Waals surface area (Å²) in [4.78, 5) is 160. The minimum absolute atomic E-state index is 0.0355. The molecule has 514 valence electrons. The molecule has 2 heterocycles. The van der Waals surface area contributed by atoms with E-state index in [1.807, 2.05) is 24.3 Å². The second kappa shape index (κ2) is 39.5. The van der Waals surface area contributed by atoms with E-state index in [4.69, 9.17) is 22.9 Å². The molecule has 0 spiro atoms. The van der Waals surface area contributed by atoms with Crippen LogP contribution in [0, 0.1) is 5.92 Å². The van der Waals surface area contributed by atoms with Gasteiger partial charge in [0, 0.05) is 49.2 Å². The van der Waals surface area contributed by atoms with Crippen LogP contribution in [0.2, 0.25) is 0 Å². The van der Waals surface area contributed by atoms with Crippen LogP contribution in [0.25, 0.3) is 10.9 Å². The van der Waals surface area contributed by atoms with E-state index in [0.717, 1.165) is 22.7 Å². The average molecular weight is 1340 g/mol. The van der Waals surface area contributed by atoms with Gasteiger partial charge in [-0.3, -0.25) is 52.7 Å². The highest BCUT2D eigenvalue weighted by atomic mass is 32.2. The number of phenolic OH excluding ortho intramolecular Hbond substituents is 1. The van der Waals surface area contributed by atoms with Crippen molar-refractivity contribution in [3.63, 3.8) is 0 Å². The Balaban J connectivity index is 1.42. The molecular formula is C65H95N15O12S2. The van der Waals surface area contributed by atoms with E-state index in [1.165, 1.54) is 31.0 Å². The van der Waals surface area contributed by atoms with Crippen LogP contribution in [0.15, 0.2) is 85.1 Å². The monoisotopic (exact) mass is 1340 g/mol. The van der Waals surface area contributed by atoms with Crippen molar-refractivity contribution in [3.05, 3.63) is 102 Å². The number of amides is 11. The molecule has 1 saturated heterocycles. The number of thiol groups is 1. The van der Waals surface area contributed by atoms with Gasteiger partial charge in [0.05, 0.1) is 5.75 Å². The first-order chi connectivity index (χ1) is 45.0. The molecule has 10 atom stereocenters.